The molecule has 3 unspecified atom stereocenters. The summed E-state index contributed by atoms with van der Waals surface area (Å²) in [5.41, 5.74) is 0.0854. The van der Waals surface area contributed by atoms with Gasteiger partial charge in [-0.2, -0.15) is 0 Å². The molecule has 3 aliphatic heterocycles. The molecule has 0 aromatic rings. The summed E-state index contributed by atoms with van der Waals surface area (Å²) >= 11 is 0. The van der Waals surface area contributed by atoms with Gasteiger partial charge in [0.05, 0.1) is 12.2 Å². The number of nitrogens with one attached hydrogen (secondary N) is 1. The Morgan fingerprint density at radius 1 is 1.12 bits per heavy atom. The lowest BCUT2D eigenvalue weighted by Crippen LogP contribution is -2.48. The first-order valence-corrected chi connectivity index (χ1v) is 6.83. The number of rotatable bonds is 1. The van der Waals surface area contributed by atoms with Crippen LogP contribution >= 0.6 is 0 Å². The zero-order valence-corrected chi connectivity index (χ0v) is 10.0. The van der Waals surface area contributed by atoms with Crippen molar-refractivity contribution in [2.45, 2.75) is 50.2 Å². The highest BCUT2D eigenvalue weighted by Gasteiger charge is 2.42. The first-order chi connectivity index (χ1) is 7.88. The highest BCUT2D eigenvalue weighted by molar-refractivity contribution is 4.94. The Kier molecular flexibility index (Phi) is 3.18. The largest absolute Gasteiger partial charge is 0.378 e. The van der Waals surface area contributed by atoms with Crippen LogP contribution in [0, 0.1) is 5.92 Å². The molecule has 0 amide bonds. The number of piperidine rings is 1. The molecule has 3 aliphatic rings. The third-order valence-corrected chi connectivity index (χ3v) is 4.52. The molecule has 0 bridgehead atoms. The van der Waals surface area contributed by atoms with E-state index in [0.717, 1.165) is 38.2 Å². The van der Waals surface area contributed by atoms with Crippen molar-refractivity contribution in [1.82, 2.24) is 5.32 Å². The second-order valence-corrected chi connectivity index (χ2v) is 5.64. The summed E-state index contributed by atoms with van der Waals surface area (Å²) in [6.07, 6.45) is 7.68. The smallest absolute Gasteiger partial charge is 0.0939 e. The van der Waals surface area contributed by atoms with Gasteiger partial charge < -0.3 is 14.8 Å². The zero-order valence-electron chi connectivity index (χ0n) is 10.0. The van der Waals surface area contributed by atoms with Crippen molar-refractivity contribution in [2.24, 2.45) is 5.92 Å². The molecule has 16 heavy (non-hydrogen) atoms. The first kappa shape index (κ1) is 11.0. The summed E-state index contributed by atoms with van der Waals surface area (Å²) in [5, 5.41) is 3.70. The minimum Gasteiger partial charge on any atom is -0.378 e. The van der Waals surface area contributed by atoms with Crippen LogP contribution in [0.3, 0.4) is 0 Å². The van der Waals surface area contributed by atoms with E-state index in [1.165, 1.54) is 38.6 Å². The second-order valence-electron chi connectivity index (χ2n) is 5.64. The van der Waals surface area contributed by atoms with E-state index in [2.05, 4.69) is 5.32 Å². The normalized spacial score (nSPS) is 45.0. The van der Waals surface area contributed by atoms with Crippen molar-refractivity contribution in [3.63, 3.8) is 0 Å². The van der Waals surface area contributed by atoms with E-state index in [1.807, 2.05) is 0 Å². The molecule has 0 radical (unpaired) electrons. The van der Waals surface area contributed by atoms with Gasteiger partial charge in [-0.1, -0.05) is 6.42 Å². The molecule has 3 heteroatoms. The van der Waals surface area contributed by atoms with Crippen molar-refractivity contribution >= 4 is 0 Å². The van der Waals surface area contributed by atoms with Gasteiger partial charge in [-0.25, -0.2) is 0 Å². The molecule has 1 spiro atoms. The molecule has 3 fully saturated rings. The van der Waals surface area contributed by atoms with E-state index in [9.17, 15) is 0 Å². The Hall–Kier alpha value is -0.120. The van der Waals surface area contributed by atoms with Gasteiger partial charge >= 0.3 is 0 Å². The summed E-state index contributed by atoms with van der Waals surface area (Å²) in [7, 11) is 0. The zero-order chi connectivity index (χ0) is 10.8. The molecular weight excluding hydrogens is 202 g/mol. The van der Waals surface area contributed by atoms with E-state index in [4.69, 9.17) is 9.47 Å². The molecular formula is C13H23NO2. The molecule has 0 aromatic heterocycles. The molecule has 3 heterocycles. The number of hydrogen-bond acceptors (Lipinski definition) is 3. The van der Waals surface area contributed by atoms with Gasteiger partial charge in [-0.05, 0) is 38.1 Å². The lowest BCUT2D eigenvalue weighted by atomic mass is 9.79. The van der Waals surface area contributed by atoms with Crippen LogP contribution in [-0.2, 0) is 9.47 Å². The minimum atomic E-state index is 0.0854. The molecule has 0 aliphatic carbocycles. The monoisotopic (exact) mass is 225 g/mol. The molecule has 3 atom stereocenters. The van der Waals surface area contributed by atoms with E-state index < -0.39 is 0 Å². The van der Waals surface area contributed by atoms with Crippen LogP contribution in [-0.4, -0.2) is 38.0 Å². The molecule has 3 nitrogen and oxygen atoms in total. The van der Waals surface area contributed by atoms with Gasteiger partial charge in [0.1, 0.15) is 0 Å². The highest BCUT2D eigenvalue weighted by Crippen LogP contribution is 2.38. The highest BCUT2D eigenvalue weighted by atomic mass is 16.6. The lowest BCUT2D eigenvalue weighted by Gasteiger charge is -2.41. The Morgan fingerprint density at radius 3 is 2.88 bits per heavy atom. The maximum atomic E-state index is 5.99. The Balaban J connectivity index is 1.62. The SMILES string of the molecule is C1CCC(C2CCOC3(CCOC3)C2)NC1. The third kappa shape index (κ3) is 2.13. The summed E-state index contributed by atoms with van der Waals surface area (Å²) in [6, 6.07) is 0.745. The van der Waals surface area contributed by atoms with Gasteiger partial charge in [-0.3, -0.25) is 0 Å². The predicted octanol–water partition coefficient (Wildman–Crippen LogP) is 1.71. The van der Waals surface area contributed by atoms with Crippen molar-refractivity contribution < 1.29 is 9.47 Å². The Labute approximate surface area is 97.9 Å². The Morgan fingerprint density at radius 2 is 2.12 bits per heavy atom. The minimum absolute atomic E-state index is 0.0854. The fourth-order valence-electron chi connectivity index (χ4n) is 3.55. The van der Waals surface area contributed by atoms with Gasteiger partial charge in [0.25, 0.3) is 0 Å². The maximum Gasteiger partial charge on any atom is 0.0939 e. The van der Waals surface area contributed by atoms with Crippen molar-refractivity contribution in [1.29, 1.82) is 0 Å². The van der Waals surface area contributed by atoms with Crippen LogP contribution in [0.2, 0.25) is 0 Å². The van der Waals surface area contributed by atoms with Gasteiger partial charge in [-0.15, -0.1) is 0 Å². The standard InChI is InChI=1S/C13H23NO2/c1-2-6-14-12(3-1)11-4-7-16-13(9-11)5-8-15-10-13/h11-12,14H,1-10H2. The van der Waals surface area contributed by atoms with Crippen molar-refractivity contribution in [2.75, 3.05) is 26.4 Å². The second kappa shape index (κ2) is 4.63. The number of ether oxygens (including phenoxy) is 2. The van der Waals surface area contributed by atoms with Crippen LogP contribution in [0.4, 0.5) is 0 Å². The van der Waals surface area contributed by atoms with Gasteiger partial charge in [0.15, 0.2) is 0 Å². The quantitative estimate of drug-likeness (QED) is 0.737. The fraction of sp³-hybridized carbons (Fsp3) is 1.00. The molecule has 3 saturated heterocycles. The topological polar surface area (TPSA) is 30.5 Å². The van der Waals surface area contributed by atoms with Crippen molar-refractivity contribution in [3.05, 3.63) is 0 Å². The first-order valence-electron chi connectivity index (χ1n) is 6.83. The number of hydrogen-bond donors (Lipinski definition) is 1. The van der Waals surface area contributed by atoms with Crippen molar-refractivity contribution in [3.8, 4) is 0 Å². The molecule has 0 saturated carbocycles. The predicted molar refractivity (Wildman–Crippen MR) is 62.5 cm³/mol. The summed E-state index contributed by atoms with van der Waals surface area (Å²) < 4.78 is 11.5. The lowest BCUT2D eigenvalue weighted by molar-refractivity contribution is -0.104. The van der Waals surface area contributed by atoms with Crippen LogP contribution in [0.15, 0.2) is 0 Å². The average molecular weight is 225 g/mol. The average Bonchev–Trinajstić information content (AvgIpc) is 2.78. The summed E-state index contributed by atoms with van der Waals surface area (Å²) in [6.45, 7) is 3.87. The molecule has 3 rings (SSSR count). The fourth-order valence-corrected chi connectivity index (χ4v) is 3.55. The van der Waals surface area contributed by atoms with Crippen LogP contribution in [0.1, 0.15) is 38.5 Å². The van der Waals surface area contributed by atoms with Gasteiger partial charge in [0, 0.05) is 25.7 Å². The Bertz CT molecular complexity index is 232. The third-order valence-electron chi connectivity index (χ3n) is 4.52. The van der Waals surface area contributed by atoms with Crippen LogP contribution in [0.25, 0.3) is 0 Å². The summed E-state index contributed by atoms with van der Waals surface area (Å²) in [5.74, 6) is 0.816. The van der Waals surface area contributed by atoms with Crippen LogP contribution in [0.5, 0.6) is 0 Å². The molecule has 1 N–H and O–H groups in total. The van der Waals surface area contributed by atoms with E-state index in [0.29, 0.717) is 0 Å². The summed E-state index contributed by atoms with van der Waals surface area (Å²) in [4.78, 5) is 0. The van der Waals surface area contributed by atoms with Crippen LogP contribution < -0.4 is 5.32 Å². The molecule has 92 valence electrons. The maximum absolute atomic E-state index is 5.99. The van der Waals surface area contributed by atoms with E-state index in [1.54, 1.807) is 0 Å². The van der Waals surface area contributed by atoms with Gasteiger partial charge in [0.2, 0.25) is 0 Å². The van der Waals surface area contributed by atoms with E-state index >= 15 is 0 Å². The van der Waals surface area contributed by atoms with E-state index in [-0.39, 0.29) is 5.60 Å². The molecule has 0 aromatic carbocycles.